The van der Waals surface area contributed by atoms with Gasteiger partial charge in [0.1, 0.15) is 12.1 Å². The highest BCUT2D eigenvalue weighted by Crippen LogP contribution is 2.26. The number of benzene rings is 3. The summed E-state index contributed by atoms with van der Waals surface area (Å²) in [5, 5.41) is 9.67. The van der Waals surface area contributed by atoms with Crippen LogP contribution in [-0.2, 0) is 0 Å². The van der Waals surface area contributed by atoms with Crippen LogP contribution < -0.4 is 16.0 Å². The lowest BCUT2D eigenvalue weighted by atomic mass is 10.1. The van der Waals surface area contributed by atoms with Crippen LogP contribution in [0.1, 0.15) is 15.9 Å². The molecule has 0 atom stereocenters. The summed E-state index contributed by atoms with van der Waals surface area (Å²) in [6.07, 6.45) is 6.99. The molecule has 1 fully saturated rings. The number of rotatable bonds is 5. The van der Waals surface area contributed by atoms with Crippen molar-refractivity contribution in [1.29, 1.82) is 0 Å². The second kappa shape index (κ2) is 11.0. The van der Waals surface area contributed by atoms with Crippen molar-refractivity contribution < 1.29 is 9.59 Å². The third-order valence-corrected chi connectivity index (χ3v) is 6.37. The fourth-order valence-electron chi connectivity index (χ4n) is 4.24. The first-order valence-corrected chi connectivity index (χ1v) is 12.2. The standard InChI is InChI=1S/C29H27N7O2/c1-3-20-5-4-6-23(17-20)32-27-25-18-24(11-12-26(25)30-19-31-27)34-29(38)33-22-9-7-21(8-10-22)28(37)36-15-13-35(2)14-16-36/h1,4-12,17-19H,13-16H2,2H3,(H,30,31,32)(H2,33,34,38). The maximum absolute atomic E-state index is 12.7. The van der Waals surface area contributed by atoms with Gasteiger partial charge in [-0.2, -0.15) is 0 Å². The van der Waals surface area contributed by atoms with E-state index in [9.17, 15) is 9.59 Å². The molecule has 1 aliphatic heterocycles. The summed E-state index contributed by atoms with van der Waals surface area (Å²) >= 11 is 0. The monoisotopic (exact) mass is 505 g/mol. The number of carbonyl (C=O) groups excluding carboxylic acids is 2. The zero-order chi connectivity index (χ0) is 26.5. The van der Waals surface area contributed by atoms with Crippen LogP contribution in [0.25, 0.3) is 10.9 Å². The number of anilines is 4. The Kier molecular flexibility index (Phi) is 7.15. The van der Waals surface area contributed by atoms with Gasteiger partial charge in [-0.05, 0) is 67.7 Å². The molecule has 0 radical (unpaired) electrons. The average molecular weight is 506 g/mol. The highest BCUT2D eigenvalue weighted by atomic mass is 16.2. The molecule has 1 saturated heterocycles. The zero-order valence-corrected chi connectivity index (χ0v) is 20.9. The van der Waals surface area contributed by atoms with Crippen LogP contribution in [0, 0.1) is 12.3 Å². The molecule has 9 heteroatoms. The molecule has 9 nitrogen and oxygen atoms in total. The predicted molar refractivity (Wildman–Crippen MR) is 150 cm³/mol. The molecule has 190 valence electrons. The fraction of sp³-hybridized carbons (Fsp3) is 0.172. The van der Waals surface area contributed by atoms with Gasteiger partial charge >= 0.3 is 6.03 Å². The smallest absolute Gasteiger partial charge is 0.323 e. The predicted octanol–water partition coefficient (Wildman–Crippen LogP) is 4.39. The second-order valence-corrected chi connectivity index (χ2v) is 9.06. The first-order chi connectivity index (χ1) is 18.5. The lowest BCUT2D eigenvalue weighted by molar-refractivity contribution is 0.0664. The molecular weight excluding hydrogens is 478 g/mol. The summed E-state index contributed by atoms with van der Waals surface area (Å²) in [5.41, 5.74) is 4.03. The van der Waals surface area contributed by atoms with Gasteiger partial charge in [-0.15, -0.1) is 6.42 Å². The van der Waals surface area contributed by atoms with E-state index in [2.05, 4.69) is 43.8 Å². The van der Waals surface area contributed by atoms with Gasteiger partial charge in [0.05, 0.1) is 5.52 Å². The molecule has 0 aliphatic carbocycles. The molecule has 0 spiro atoms. The molecule has 0 bridgehead atoms. The van der Waals surface area contributed by atoms with Crippen LogP contribution in [0.5, 0.6) is 0 Å². The number of aromatic nitrogens is 2. The summed E-state index contributed by atoms with van der Waals surface area (Å²) in [6, 6.07) is 19.4. The van der Waals surface area contributed by atoms with E-state index in [0.717, 1.165) is 35.2 Å². The van der Waals surface area contributed by atoms with E-state index >= 15 is 0 Å². The average Bonchev–Trinajstić information content (AvgIpc) is 2.94. The van der Waals surface area contributed by atoms with Gasteiger partial charge in [0.2, 0.25) is 0 Å². The van der Waals surface area contributed by atoms with E-state index < -0.39 is 6.03 Å². The summed E-state index contributed by atoms with van der Waals surface area (Å²) < 4.78 is 0. The molecule has 2 heterocycles. The van der Waals surface area contributed by atoms with Crippen molar-refractivity contribution in [3.63, 3.8) is 0 Å². The highest BCUT2D eigenvalue weighted by Gasteiger charge is 2.20. The number of urea groups is 1. The minimum atomic E-state index is -0.407. The van der Waals surface area contributed by atoms with E-state index in [1.807, 2.05) is 35.2 Å². The quantitative estimate of drug-likeness (QED) is 0.348. The van der Waals surface area contributed by atoms with Crippen molar-refractivity contribution >= 4 is 45.7 Å². The van der Waals surface area contributed by atoms with Gasteiger partial charge < -0.3 is 25.8 Å². The van der Waals surface area contributed by atoms with Crippen molar-refractivity contribution in [2.24, 2.45) is 0 Å². The molecule has 3 amide bonds. The Balaban J connectivity index is 1.25. The number of hydrogen-bond acceptors (Lipinski definition) is 6. The van der Waals surface area contributed by atoms with Crippen LogP contribution in [0.2, 0.25) is 0 Å². The minimum Gasteiger partial charge on any atom is -0.340 e. The molecule has 38 heavy (non-hydrogen) atoms. The lowest BCUT2D eigenvalue weighted by Crippen LogP contribution is -2.47. The Labute approximate surface area is 220 Å². The number of terminal acetylenes is 1. The number of amides is 3. The molecule has 4 aromatic rings. The van der Waals surface area contributed by atoms with Crippen LogP contribution in [0.15, 0.2) is 73.1 Å². The molecule has 1 aromatic heterocycles. The first kappa shape index (κ1) is 24.7. The van der Waals surface area contributed by atoms with Crippen LogP contribution in [0.4, 0.5) is 27.7 Å². The highest BCUT2D eigenvalue weighted by molar-refractivity contribution is 6.02. The number of carbonyl (C=O) groups is 2. The Morgan fingerprint density at radius 1 is 0.868 bits per heavy atom. The van der Waals surface area contributed by atoms with Crippen molar-refractivity contribution in [3.8, 4) is 12.3 Å². The van der Waals surface area contributed by atoms with E-state index in [1.54, 1.807) is 36.4 Å². The van der Waals surface area contributed by atoms with Crippen LogP contribution in [-0.4, -0.2) is 64.9 Å². The van der Waals surface area contributed by atoms with Gasteiger partial charge in [0.15, 0.2) is 0 Å². The van der Waals surface area contributed by atoms with Crippen molar-refractivity contribution in [2.45, 2.75) is 0 Å². The topological polar surface area (TPSA) is 102 Å². The largest absolute Gasteiger partial charge is 0.340 e. The number of fused-ring (bicyclic) bond motifs is 1. The van der Waals surface area contributed by atoms with E-state index in [1.165, 1.54) is 6.33 Å². The maximum atomic E-state index is 12.7. The zero-order valence-electron chi connectivity index (χ0n) is 20.9. The van der Waals surface area contributed by atoms with Gasteiger partial charge in [-0.25, -0.2) is 14.8 Å². The van der Waals surface area contributed by atoms with Crippen molar-refractivity contribution in [1.82, 2.24) is 19.8 Å². The Morgan fingerprint density at radius 2 is 1.61 bits per heavy atom. The number of likely N-dealkylation sites (N-methyl/N-ethyl adjacent to an activating group) is 1. The lowest BCUT2D eigenvalue weighted by Gasteiger charge is -2.32. The second-order valence-electron chi connectivity index (χ2n) is 9.06. The number of piperazine rings is 1. The summed E-state index contributed by atoms with van der Waals surface area (Å²) in [7, 11) is 2.05. The van der Waals surface area contributed by atoms with Crippen LogP contribution >= 0.6 is 0 Å². The molecule has 1 aliphatic rings. The molecule has 3 N–H and O–H groups in total. The SMILES string of the molecule is C#Cc1cccc(Nc2ncnc3ccc(NC(=O)Nc4ccc(C(=O)N5CCN(C)CC5)cc4)cc23)c1. The third kappa shape index (κ3) is 5.72. The van der Waals surface area contributed by atoms with E-state index in [0.29, 0.717) is 35.8 Å². The molecular formula is C29H27N7O2. The van der Waals surface area contributed by atoms with Gasteiger partial charge in [0.25, 0.3) is 5.91 Å². The third-order valence-electron chi connectivity index (χ3n) is 6.37. The number of hydrogen-bond donors (Lipinski definition) is 3. The number of nitrogens with one attached hydrogen (secondary N) is 3. The first-order valence-electron chi connectivity index (χ1n) is 12.2. The van der Waals surface area contributed by atoms with Crippen molar-refractivity contribution in [2.75, 3.05) is 49.2 Å². The Morgan fingerprint density at radius 3 is 2.37 bits per heavy atom. The minimum absolute atomic E-state index is 0.00270. The van der Waals surface area contributed by atoms with Gasteiger partial charge in [-0.3, -0.25) is 4.79 Å². The fourth-order valence-corrected chi connectivity index (χ4v) is 4.24. The number of nitrogens with zero attached hydrogens (tertiary/aromatic N) is 4. The summed E-state index contributed by atoms with van der Waals surface area (Å²) in [6.45, 7) is 3.15. The van der Waals surface area contributed by atoms with E-state index in [4.69, 9.17) is 6.42 Å². The Bertz CT molecular complexity index is 1520. The summed E-state index contributed by atoms with van der Waals surface area (Å²) in [5.74, 6) is 3.21. The van der Waals surface area contributed by atoms with E-state index in [-0.39, 0.29) is 5.91 Å². The van der Waals surface area contributed by atoms with Gasteiger partial charge in [0, 0.05) is 59.8 Å². The Hall–Kier alpha value is -4.94. The molecule has 0 unspecified atom stereocenters. The molecule has 0 saturated carbocycles. The summed E-state index contributed by atoms with van der Waals surface area (Å²) in [4.78, 5) is 38.2. The van der Waals surface area contributed by atoms with Gasteiger partial charge in [-0.1, -0.05) is 12.0 Å². The molecule has 3 aromatic carbocycles. The maximum Gasteiger partial charge on any atom is 0.323 e. The normalized spacial score (nSPS) is 13.5. The van der Waals surface area contributed by atoms with Crippen molar-refractivity contribution in [3.05, 3.63) is 84.2 Å². The van der Waals surface area contributed by atoms with Crippen LogP contribution in [0.3, 0.4) is 0 Å². The molecule has 5 rings (SSSR count).